The number of nitrogens with zero attached hydrogens (tertiary/aromatic N) is 2. The minimum atomic E-state index is 0.410. The van der Waals surface area contributed by atoms with Gasteiger partial charge in [0, 0.05) is 5.56 Å². The van der Waals surface area contributed by atoms with Gasteiger partial charge in [-0.25, -0.2) is 4.98 Å². The molecule has 0 radical (unpaired) electrons. The first kappa shape index (κ1) is 10.4. The van der Waals surface area contributed by atoms with Gasteiger partial charge in [0.25, 0.3) is 0 Å². The van der Waals surface area contributed by atoms with Gasteiger partial charge in [-0.15, -0.1) is 0 Å². The monoisotopic (exact) mass is 215 g/mol. The van der Waals surface area contributed by atoms with E-state index >= 15 is 0 Å². The van der Waals surface area contributed by atoms with Crippen molar-refractivity contribution in [3.05, 3.63) is 36.0 Å². The molecule has 16 heavy (non-hydrogen) atoms. The lowest BCUT2D eigenvalue weighted by Gasteiger charge is -2.07. The normalized spacial score (nSPS) is 10.1. The Kier molecular flexibility index (Phi) is 2.72. The topological polar surface area (TPSA) is 61.0 Å². The molecule has 4 nitrogen and oxygen atoms in total. The van der Waals surface area contributed by atoms with Gasteiger partial charge in [-0.1, -0.05) is 24.3 Å². The van der Waals surface area contributed by atoms with Crippen molar-refractivity contribution < 1.29 is 4.74 Å². The lowest BCUT2D eigenvalue weighted by molar-refractivity contribution is 0.400. The lowest BCUT2D eigenvalue weighted by Crippen LogP contribution is -1.99. The molecule has 0 saturated heterocycles. The number of aryl methyl sites for hydroxylation is 1. The molecule has 1 aromatic carbocycles. The van der Waals surface area contributed by atoms with Crippen LogP contribution in [0, 0.1) is 6.92 Å². The second kappa shape index (κ2) is 4.18. The zero-order valence-corrected chi connectivity index (χ0v) is 9.27. The van der Waals surface area contributed by atoms with E-state index in [1.807, 2.05) is 31.2 Å². The van der Waals surface area contributed by atoms with Crippen LogP contribution in [0.15, 0.2) is 30.5 Å². The average molecular weight is 215 g/mol. The molecule has 0 fully saturated rings. The molecule has 1 heterocycles. The number of ether oxygens (including phenoxy) is 1. The van der Waals surface area contributed by atoms with Crippen molar-refractivity contribution >= 4 is 5.69 Å². The van der Waals surface area contributed by atoms with Gasteiger partial charge in [0.2, 0.25) is 5.88 Å². The van der Waals surface area contributed by atoms with Crippen LogP contribution in [-0.4, -0.2) is 17.1 Å². The summed E-state index contributed by atoms with van der Waals surface area (Å²) in [7, 11) is 1.54. The predicted molar refractivity (Wildman–Crippen MR) is 63.2 cm³/mol. The largest absolute Gasteiger partial charge is 0.479 e. The predicted octanol–water partition coefficient (Wildman–Crippen LogP) is 2.04. The maximum absolute atomic E-state index is 5.67. The molecule has 0 aliphatic heterocycles. The summed E-state index contributed by atoms with van der Waals surface area (Å²) < 4.78 is 5.07. The van der Waals surface area contributed by atoms with Crippen molar-refractivity contribution in [3.8, 4) is 17.3 Å². The van der Waals surface area contributed by atoms with Crippen molar-refractivity contribution in [1.82, 2.24) is 9.97 Å². The Labute approximate surface area is 94.1 Å². The summed E-state index contributed by atoms with van der Waals surface area (Å²) in [5.74, 6) is 1.04. The molecule has 0 unspecified atom stereocenters. The summed E-state index contributed by atoms with van der Waals surface area (Å²) >= 11 is 0. The minimum Gasteiger partial charge on any atom is -0.479 e. The summed E-state index contributed by atoms with van der Waals surface area (Å²) in [6.45, 7) is 2.02. The first-order chi connectivity index (χ1) is 7.72. The molecule has 0 amide bonds. The number of aromatic nitrogens is 2. The molecule has 2 N–H and O–H groups in total. The fourth-order valence-corrected chi connectivity index (χ4v) is 1.49. The zero-order valence-electron chi connectivity index (χ0n) is 9.27. The number of anilines is 1. The van der Waals surface area contributed by atoms with Crippen LogP contribution in [0.2, 0.25) is 0 Å². The number of benzene rings is 1. The third-order valence-corrected chi connectivity index (χ3v) is 2.36. The Bertz CT molecular complexity index is 511. The SMILES string of the molecule is COc1nc(-c2ccccc2C)ncc1N. The van der Waals surface area contributed by atoms with E-state index in [4.69, 9.17) is 10.5 Å². The van der Waals surface area contributed by atoms with Crippen LogP contribution in [0.5, 0.6) is 5.88 Å². The van der Waals surface area contributed by atoms with E-state index in [0.717, 1.165) is 11.1 Å². The van der Waals surface area contributed by atoms with E-state index < -0.39 is 0 Å². The van der Waals surface area contributed by atoms with Crippen molar-refractivity contribution in [2.75, 3.05) is 12.8 Å². The molecule has 0 atom stereocenters. The van der Waals surface area contributed by atoms with Gasteiger partial charge in [-0.3, -0.25) is 0 Å². The molecule has 0 aliphatic rings. The highest BCUT2D eigenvalue weighted by Gasteiger charge is 2.08. The molecular weight excluding hydrogens is 202 g/mol. The maximum Gasteiger partial charge on any atom is 0.240 e. The third-order valence-electron chi connectivity index (χ3n) is 2.36. The number of nitrogen functional groups attached to an aromatic ring is 1. The van der Waals surface area contributed by atoms with Gasteiger partial charge in [-0.2, -0.15) is 4.98 Å². The van der Waals surface area contributed by atoms with E-state index in [2.05, 4.69) is 9.97 Å². The molecule has 0 spiro atoms. The van der Waals surface area contributed by atoms with Crippen molar-refractivity contribution in [2.45, 2.75) is 6.92 Å². The third kappa shape index (κ3) is 1.82. The van der Waals surface area contributed by atoms with Gasteiger partial charge in [0.1, 0.15) is 5.69 Å². The van der Waals surface area contributed by atoms with Gasteiger partial charge in [0.05, 0.1) is 13.3 Å². The minimum absolute atomic E-state index is 0.410. The number of hydrogen-bond donors (Lipinski definition) is 1. The molecule has 1 aromatic heterocycles. The van der Waals surface area contributed by atoms with E-state index in [0.29, 0.717) is 17.4 Å². The Morgan fingerprint density at radius 3 is 2.69 bits per heavy atom. The fraction of sp³-hybridized carbons (Fsp3) is 0.167. The number of hydrogen-bond acceptors (Lipinski definition) is 4. The van der Waals surface area contributed by atoms with Crippen LogP contribution >= 0.6 is 0 Å². The second-order valence-electron chi connectivity index (χ2n) is 3.47. The molecule has 0 bridgehead atoms. The Morgan fingerprint density at radius 1 is 1.25 bits per heavy atom. The first-order valence-corrected chi connectivity index (χ1v) is 4.95. The lowest BCUT2D eigenvalue weighted by atomic mass is 10.1. The number of rotatable bonds is 2. The summed E-state index contributed by atoms with van der Waals surface area (Å²) in [6, 6.07) is 7.92. The van der Waals surface area contributed by atoms with Crippen LogP contribution in [0.25, 0.3) is 11.4 Å². The van der Waals surface area contributed by atoms with Crippen molar-refractivity contribution in [3.63, 3.8) is 0 Å². The zero-order chi connectivity index (χ0) is 11.5. The first-order valence-electron chi connectivity index (χ1n) is 4.95. The molecule has 82 valence electrons. The summed E-state index contributed by atoms with van der Waals surface area (Å²) in [5.41, 5.74) is 8.22. The molecule has 2 aromatic rings. The van der Waals surface area contributed by atoms with E-state index in [1.54, 1.807) is 13.3 Å². The number of methoxy groups -OCH3 is 1. The van der Waals surface area contributed by atoms with E-state index in [1.165, 1.54) is 0 Å². The van der Waals surface area contributed by atoms with Crippen LogP contribution in [-0.2, 0) is 0 Å². The van der Waals surface area contributed by atoms with Crippen LogP contribution in [0.1, 0.15) is 5.56 Å². The molecule has 2 rings (SSSR count). The molecule has 4 heteroatoms. The smallest absolute Gasteiger partial charge is 0.240 e. The summed E-state index contributed by atoms with van der Waals surface area (Å²) in [5, 5.41) is 0. The van der Waals surface area contributed by atoms with Crippen LogP contribution in [0.4, 0.5) is 5.69 Å². The van der Waals surface area contributed by atoms with Crippen molar-refractivity contribution in [1.29, 1.82) is 0 Å². The average Bonchev–Trinajstić information content (AvgIpc) is 2.31. The van der Waals surface area contributed by atoms with Crippen LogP contribution < -0.4 is 10.5 Å². The Balaban J connectivity index is 2.53. The highest BCUT2D eigenvalue weighted by atomic mass is 16.5. The Morgan fingerprint density at radius 2 is 2.00 bits per heavy atom. The van der Waals surface area contributed by atoms with Crippen molar-refractivity contribution in [2.24, 2.45) is 0 Å². The fourth-order valence-electron chi connectivity index (χ4n) is 1.49. The second-order valence-corrected chi connectivity index (χ2v) is 3.47. The maximum atomic E-state index is 5.67. The molecule has 0 aliphatic carbocycles. The highest BCUT2D eigenvalue weighted by Crippen LogP contribution is 2.24. The van der Waals surface area contributed by atoms with E-state index in [-0.39, 0.29) is 0 Å². The van der Waals surface area contributed by atoms with Gasteiger partial charge >= 0.3 is 0 Å². The van der Waals surface area contributed by atoms with Crippen LogP contribution in [0.3, 0.4) is 0 Å². The Hall–Kier alpha value is -2.10. The molecule has 0 saturated carbocycles. The molecular formula is C12H13N3O. The quantitative estimate of drug-likeness (QED) is 0.832. The standard InChI is InChI=1S/C12H13N3O/c1-8-5-3-4-6-9(8)11-14-7-10(13)12(15-11)16-2/h3-7H,13H2,1-2H3. The van der Waals surface area contributed by atoms with Gasteiger partial charge in [0.15, 0.2) is 5.82 Å². The summed E-state index contributed by atoms with van der Waals surface area (Å²) in [6.07, 6.45) is 1.56. The van der Waals surface area contributed by atoms with E-state index in [9.17, 15) is 0 Å². The highest BCUT2D eigenvalue weighted by molar-refractivity contribution is 5.62. The van der Waals surface area contributed by atoms with Gasteiger partial charge < -0.3 is 10.5 Å². The van der Waals surface area contributed by atoms with Gasteiger partial charge in [-0.05, 0) is 12.5 Å². The number of nitrogens with two attached hydrogens (primary N) is 1. The summed E-state index contributed by atoms with van der Waals surface area (Å²) in [4.78, 5) is 8.47.